The Balaban J connectivity index is 1.43. The number of pyridine rings is 1. The van der Waals surface area contributed by atoms with Crippen molar-refractivity contribution in [3.8, 4) is 18.0 Å². The minimum atomic E-state index is -0.536. The van der Waals surface area contributed by atoms with Gasteiger partial charge in [0, 0.05) is 22.7 Å². The van der Waals surface area contributed by atoms with Crippen LogP contribution in [0.4, 0.5) is 0 Å². The van der Waals surface area contributed by atoms with E-state index in [0.717, 1.165) is 37.1 Å². The Morgan fingerprint density at radius 1 is 1.27 bits per heavy atom. The predicted molar refractivity (Wildman–Crippen MR) is 120 cm³/mol. The van der Waals surface area contributed by atoms with Gasteiger partial charge in [0.15, 0.2) is 17.5 Å². The molecule has 5 rings (SSSR count). The van der Waals surface area contributed by atoms with Gasteiger partial charge >= 0.3 is 0 Å². The molecular formula is C24H20ClN7O. The maximum absolute atomic E-state index is 13.1. The summed E-state index contributed by atoms with van der Waals surface area (Å²) < 4.78 is 1.62. The van der Waals surface area contributed by atoms with E-state index in [1.54, 1.807) is 35.0 Å². The summed E-state index contributed by atoms with van der Waals surface area (Å²) in [6, 6.07) is 12.4. The van der Waals surface area contributed by atoms with Gasteiger partial charge in [0.1, 0.15) is 6.07 Å². The lowest BCUT2D eigenvalue weighted by Crippen LogP contribution is -2.29. The number of halogens is 1. The smallest absolute Gasteiger partial charge is 0.251 e. The Hall–Kier alpha value is -3.75. The highest BCUT2D eigenvalue weighted by atomic mass is 35.5. The second-order valence-electron chi connectivity index (χ2n) is 8.65. The lowest BCUT2D eigenvalue weighted by molar-refractivity contribution is 0.0937. The molecule has 1 amide bonds. The van der Waals surface area contributed by atoms with Gasteiger partial charge in [-0.2, -0.15) is 15.2 Å². The molecule has 2 aliphatic carbocycles. The zero-order valence-electron chi connectivity index (χ0n) is 17.9. The molecule has 3 aromatic rings. The van der Waals surface area contributed by atoms with E-state index >= 15 is 0 Å². The van der Waals surface area contributed by atoms with Crippen LogP contribution in [-0.2, 0) is 5.41 Å². The first-order chi connectivity index (χ1) is 15.9. The van der Waals surface area contributed by atoms with E-state index in [-0.39, 0.29) is 5.91 Å². The molecular weight excluding hydrogens is 438 g/mol. The molecule has 33 heavy (non-hydrogen) atoms. The Kier molecular flexibility index (Phi) is 5.11. The number of hydrogen-bond donors (Lipinski definition) is 1. The summed E-state index contributed by atoms with van der Waals surface area (Å²) in [7, 11) is 0. The number of nitriles is 2. The van der Waals surface area contributed by atoms with Gasteiger partial charge in [-0.05, 0) is 68.5 Å². The Bertz CT molecular complexity index is 1320. The summed E-state index contributed by atoms with van der Waals surface area (Å²) >= 11 is 6.27. The van der Waals surface area contributed by atoms with E-state index in [4.69, 9.17) is 21.8 Å². The van der Waals surface area contributed by atoms with Crippen molar-refractivity contribution in [3.05, 3.63) is 69.9 Å². The van der Waals surface area contributed by atoms with Crippen molar-refractivity contribution in [3.63, 3.8) is 0 Å². The number of rotatable bonds is 6. The molecule has 2 fully saturated rings. The molecule has 8 nitrogen and oxygen atoms in total. The molecule has 0 bridgehead atoms. The topological polar surface area (TPSA) is 120 Å². The summed E-state index contributed by atoms with van der Waals surface area (Å²) in [6.45, 7) is 1.84. The van der Waals surface area contributed by atoms with E-state index in [9.17, 15) is 10.1 Å². The van der Waals surface area contributed by atoms with Crippen LogP contribution in [0.5, 0.6) is 0 Å². The van der Waals surface area contributed by atoms with Crippen LogP contribution in [0, 0.1) is 22.7 Å². The molecule has 0 spiro atoms. The second kappa shape index (κ2) is 7.99. The first kappa shape index (κ1) is 21.1. The van der Waals surface area contributed by atoms with Crippen molar-refractivity contribution >= 4 is 17.5 Å². The highest BCUT2D eigenvalue weighted by Gasteiger charge is 2.45. The number of hydrogen-bond acceptors (Lipinski definition) is 6. The number of nitrogens with zero attached hydrogens (tertiary/aromatic N) is 6. The monoisotopic (exact) mass is 457 g/mol. The number of amides is 1. The first-order valence-electron chi connectivity index (χ1n) is 10.8. The molecule has 1 N–H and O–H groups in total. The van der Waals surface area contributed by atoms with Crippen LogP contribution in [0.3, 0.4) is 0 Å². The van der Waals surface area contributed by atoms with Gasteiger partial charge in [-0.1, -0.05) is 11.6 Å². The molecule has 0 aliphatic heterocycles. The molecule has 2 saturated carbocycles. The van der Waals surface area contributed by atoms with E-state index in [1.807, 2.05) is 6.92 Å². The predicted octanol–water partition coefficient (Wildman–Crippen LogP) is 4.11. The third kappa shape index (κ3) is 4.06. The molecule has 164 valence electrons. The minimum Gasteiger partial charge on any atom is -0.342 e. The van der Waals surface area contributed by atoms with Gasteiger partial charge in [0.2, 0.25) is 0 Å². The molecule has 0 saturated heterocycles. The van der Waals surface area contributed by atoms with Gasteiger partial charge in [-0.25, -0.2) is 9.97 Å². The van der Waals surface area contributed by atoms with Crippen molar-refractivity contribution in [1.29, 1.82) is 10.5 Å². The molecule has 9 heteroatoms. The normalized spacial score (nSPS) is 17.0. The molecule has 0 radical (unpaired) electrons. The molecule has 0 unspecified atom stereocenters. The van der Waals surface area contributed by atoms with Crippen molar-refractivity contribution in [2.45, 2.75) is 50.0 Å². The Morgan fingerprint density at radius 3 is 2.67 bits per heavy atom. The van der Waals surface area contributed by atoms with Crippen LogP contribution < -0.4 is 5.32 Å². The van der Waals surface area contributed by atoms with E-state index in [2.05, 4.69) is 27.5 Å². The van der Waals surface area contributed by atoms with Gasteiger partial charge in [-0.15, -0.1) is 5.10 Å². The second-order valence-corrected chi connectivity index (χ2v) is 9.09. The van der Waals surface area contributed by atoms with Crippen LogP contribution in [0.2, 0.25) is 5.02 Å². The zero-order chi connectivity index (χ0) is 23.2. The third-order valence-corrected chi connectivity index (χ3v) is 6.31. The lowest BCUT2D eigenvalue weighted by Gasteiger charge is -2.15. The fourth-order valence-electron chi connectivity index (χ4n) is 3.81. The highest BCUT2D eigenvalue weighted by Crippen LogP contribution is 2.48. The third-order valence-electron chi connectivity index (χ3n) is 6.10. The summed E-state index contributed by atoms with van der Waals surface area (Å²) in [5.74, 6) is 1.82. The number of aromatic nitrogens is 4. The number of carbonyl (C=O) groups excluding carboxylic acids is 1. The van der Waals surface area contributed by atoms with Gasteiger partial charge < -0.3 is 5.32 Å². The molecule has 2 heterocycles. The van der Waals surface area contributed by atoms with Crippen LogP contribution in [0.25, 0.3) is 5.82 Å². The Labute approximate surface area is 195 Å². The number of benzene rings is 1. The molecule has 2 aromatic heterocycles. The van der Waals surface area contributed by atoms with Crippen molar-refractivity contribution in [2.24, 2.45) is 0 Å². The van der Waals surface area contributed by atoms with Gasteiger partial charge in [-0.3, -0.25) is 4.79 Å². The first-order valence-corrected chi connectivity index (χ1v) is 11.2. The summed E-state index contributed by atoms with van der Waals surface area (Å²) in [5, 5.41) is 26.6. The molecule has 1 atom stereocenters. The van der Waals surface area contributed by atoms with Crippen molar-refractivity contribution in [1.82, 2.24) is 25.1 Å². The Morgan fingerprint density at radius 2 is 2.06 bits per heavy atom. The standard InChI is InChI=1S/C24H20ClN7O/c1-14(29-23(33)17-8-18(10-19(25)9-17)24(13-27)6-7-24)22-30-21(16-3-4-16)31-32(22)20-5-2-15(11-26)12-28-20/h2,5,8-10,12,14,16H,3-4,6-7H2,1H3,(H,29,33)/t14-/m0/s1. The fraction of sp³-hybridized carbons (Fsp3) is 0.333. The average molecular weight is 458 g/mol. The van der Waals surface area contributed by atoms with E-state index in [1.165, 1.54) is 6.20 Å². The summed E-state index contributed by atoms with van der Waals surface area (Å²) in [6.07, 6.45) is 5.10. The van der Waals surface area contributed by atoms with Crippen LogP contribution >= 0.6 is 11.6 Å². The zero-order valence-corrected chi connectivity index (χ0v) is 18.7. The van der Waals surface area contributed by atoms with E-state index < -0.39 is 11.5 Å². The van der Waals surface area contributed by atoms with Crippen LogP contribution in [-0.4, -0.2) is 25.7 Å². The maximum Gasteiger partial charge on any atom is 0.251 e. The molecule has 1 aromatic carbocycles. The lowest BCUT2D eigenvalue weighted by atomic mass is 9.95. The highest BCUT2D eigenvalue weighted by molar-refractivity contribution is 6.31. The van der Waals surface area contributed by atoms with Crippen LogP contribution in [0.1, 0.15) is 77.7 Å². The van der Waals surface area contributed by atoms with Crippen LogP contribution in [0.15, 0.2) is 36.5 Å². The largest absolute Gasteiger partial charge is 0.342 e. The van der Waals surface area contributed by atoms with Crippen molar-refractivity contribution in [2.75, 3.05) is 0 Å². The number of carbonyl (C=O) groups is 1. The summed E-state index contributed by atoms with van der Waals surface area (Å²) in [4.78, 5) is 22.1. The minimum absolute atomic E-state index is 0.310. The van der Waals surface area contributed by atoms with Gasteiger partial charge in [0.05, 0.1) is 23.1 Å². The quantitative estimate of drug-likeness (QED) is 0.594. The fourth-order valence-corrected chi connectivity index (χ4v) is 4.05. The maximum atomic E-state index is 13.1. The molecule has 2 aliphatic rings. The van der Waals surface area contributed by atoms with Gasteiger partial charge in [0.25, 0.3) is 5.91 Å². The number of nitrogens with one attached hydrogen (secondary N) is 1. The van der Waals surface area contributed by atoms with Crippen molar-refractivity contribution < 1.29 is 4.79 Å². The average Bonchev–Trinajstić information content (AvgIpc) is 3.76. The van der Waals surface area contributed by atoms with E-state index in [0.29, 0.717) is 33.7 Å². The SMILES string of the molecule is C[C@H](NC(=O)c1cc(Cl)cc(C2(C#N)CC2)c1)c1nc(C2CC2)nn1-c1ccc(C#N)cn1. The summed E-state index contributed by atoms with van der Waals surface area (Å²) in [5.41, 5.74) is 1.09.